The van der Waals surface area contributed by atoms with Crippen LogP contribution in [0.3, 0.4) is 0 Å². The number of nitrogens with one attached hydrogen (secondary N) is 2. The van der Waals surface area contributed by atoms with E-state index < -0.39 is 0 Å². The van der Waals surface area contributed by atoms with Crippen molar-refractivity contribution in [2.45, 2.75) is 6.42 Å². The molecule has 1 heterocycles. The van der Waals surface area contributed by atoms with Crippen molar-refractivity contribution >= 4 is 22.6 Å². The van der Waals surface area contributed by atoms with Gasteiger partial charge in [-0.25, -0.2) is 4.39 Å². The summed E-state index contributed by atoms with van der Waals surface area (Å²) in [5, 5.41) is 10.4. The van der Waals surface area contributed by atoms with Crippen molar-refractivity contribution in [3.05, 3.63) is 59.9 Å². The lowest BCUT2D eigenvalue weighted by Crippen LogP contribution is -2.15. The Labute approximate surface area is 114 Å². The van der Waals surface area contributed by atoms with E-state index in [1.165, 1.54) is 6.07 Å². The Bertz CT molecular complexity index is 766. The van der Waals surface area contributed by atoms with E-state index in [9.17, 15) is 9.18 Å². The van der Waals surface area contributed by atoms with Gasteiger partial charge in [0.1, 0.15) is 5.82 Å². The Hall–Kier alpha value is -2.69. The number of carbonyl (C=O) groups is 1. The molecule has 5 heteroatoms. The number of hydrogen-bond acceptors (Lipinski definition) is 2. The number of H-pyrrole nitrogens is 1. The summed E-state index contributed by atoms with van der Waals surface area (Å²) in [6, 6.07) is 13.7. The zero-order chi connectivity index (χ0) is 13.9. The lowest BCUT2D eigenvalue weighted by Gasteiger charge is -2.03. The third-order valence-corrected chi connectivity index (χ3v) is 3.04. The molecule has 0 spiro atoms. The Balaban J connectivity index is 1.78. The van der Waals surface area contributed by atoms with Crippen molar-refractivity contribution in [3.8, 4) is 0 Å². The van der Waals surface area contributed by atoms with Gasteiger partial charge in [0.25, 0.3) is 0 Å². The van der Waals surface area contributed by atoms with E-state index in [1.54, 1.807) is 18.2 Å². The number of nitrogens with zero attached hydrogens (tertiary/aromatic N) is 1. The van der Waals surface area contributed by atoms with E-state index in [2.05, 4.69) is 15.5 Å². The molecule has 1 amide bonds. The van der Waals surface area contributed by atoms with Gasteiger partial charge in [0.2, 0.25) is 5.91 Å². The molecule has 3 rings (SSSR count). The third kappa shape index (κ3) is 2.38. The Morgan fingerprint density at radius 3 is 2.75 bits per heavy atom. The highest BCUT2D eigenvalue weighted by molar-refractivity contribution is 6.00. The summed E-state index contributed by atoms with van der Waals surface area (Å²) >= 11 is 0. The van der Waals surface area contributed by atoms with Crippen LogP contribution in [0.25, 0.3) is 10.9 Å². The van der Waals surface area contributed by atoms with Crippen molar-refractivity contribution < 1.29 is 9.18 Å². The average Bonchev–Trinajstić information content (AvgIpc) is 2.85. The molecule has 0 aliphatic carbocycles. The topological polar surface area (TPSA) is 57.8 Å². The predicted molar refractivity (Wildman–Crippen MR) is 74.8 cm³/mol. The monoisotopic (exact) mass is 269 g/mol. The van der Waals surface area contributed by atoms with Gasteiger partial charge in [-0.3, -0.25) is 9.89 Å². The zero-order valence-corrected chi connectivity index (χ0v) is 10.6. The SMILES string of the molecule is O=C(Cc1ccccc1F)Nc1n[nH]c2ccccc12. The van der Waals surface area contributed by atoms with Crippen LogP contribution in [0.1, 0.15) is 5.56 Å². The van der Waals surface area contributed by atoms with Crippen LogP contribution in [0.5, 0.6) is 0 Å². The number of halogens is 1. The number of benzene rings is 2. The van der Waals surface area contributed by atoms with E-state index in [-0.39, 0.29) is 18.1 Å². The van der Waals surface area contributed by atoms with Crippen LogP contribution in [0, 0.1) is 5.82 Å². The molecule has 1 aromatic heterocycles. The van der Waals surface area contributed by atoms with Gasteiger partial charge >= 0.3 is 0 Å². The summed E-state index contributed by atoms with van der Waals surface area (Å²) in [7, 11) is 0. The molecule has 3 aromatic rings. The maximum absolute atomic E-state index is 13.5. The molecule has 0 atom stereocenters. The van der Waals surface area contributed by atoms with Crippen LogP contribution in [0.4, 0.5) is 10.2 Å². The molecule has 0 radical (unpaired) electrons. The first-order valence-electron chi connectivity index (χ1n) is 6.20. The number of aromatic amines is 1. The lowest BCUT2D eigenvalue weighted by molar-refractivity contribution is -0.115. The first-order valence-corrected chi connectivity index (χ1v) is 6.20. The largest absolute Gasteiger partial charge is 0.308 e. The van der Waals surface area contributed by atoms with Gasteiger partial charge in [-0.1, -0.05) is 30.3 Å². The molecule has 0 fully saturated rings. The smallest absolute Gasteiger partial charge is 0.230 e. The maximum atomic E-state index is 13.5. The quantitative estimate of drug-likeness (QED) is 0.768. The van der Waals surface area contributed by atoms with E-state index in [1.807, 2.05) is 24.3 Å². The number of para-hydroxylation sites is 1. The Morgan fingerprint density at radius 1 is 1.15 bits per heavy atom. The third-order valence-electron chi connectivity index (χ3n) is 3.04. The van der Waals surface area contributed by atoms with Gasteiger partial charge in [-0.2, -0.15) is 5.10 Å². The molecular formula is C15H12FN3O. The normalized spacial score (nSPS) is 10.7. The van der Waals surface area contributed by atoms with E-state index in [0.29, 0.717) is 11.4 Å². The molecule has 100 valence electrons. The summed E-state index contributed by atoms with van der Waals surface area (Å²) in [5.74, 6) is -0.219. The fourth-order valence-electron chi connectivity index (χ4n) is 2.05. The molecule has 0 unspecified atom stereocenters. The highest BCUT2D eigenvalue weighted by atomic mass is 19.1. The molecule has 2 N–H and O–H groups in total. The summed E-state index contributed by atoms with van der Waals surface area (Å²) in [5.41, 5.74) is 1.21. The number of aromatic nitrogens is 2. The minimum atomic E-state index is -0.380. The van der Waals surface area contributed by atoms with Crippen LogP contribution in [-0.4, -0.2) is 16.1 Å². The fourth-order valence-corrected chi connectivity index (χ4v) is 2.05. The van der Waals surface area contributed by atoms with E-state index in [4.69, 9.17) is 0 Å². The molecule has 20 heavy (non-hydrogen) atoms. The van der Waals surface area contributed by atoms with Crippen LogP contribution in [0.15, 0.2) is 48.5 Å². The van der Waals surface area contributed by atoms with E-state index >= 15 is 0 Å². The van der Waals surface area contributed by atoms with Gasteiger partial charge < -0.3 is 5.32 Å². The molecule has 0 aliphatic heterocycles. The summed E-state index contributed by atoms with van der Waals surface area (Å²) in [6.45, 7) is 0. The van der Waals surface area contributed by atoms with Crippen LogP contribution < -0.4 is 5.32 Å². The van der Waals surface area contributed by atoms with Crippen LogP contribution in [-0.2, 0) is 11.2 Å². The molecular weight excluding hydrogens is 257 g/mol. The minimum Gasteiger partial charge on any atom is -0.308 e. The molecule has 0 saturated heterocycles. The maximum Gasteiger partial charge on any atom is 0.230 e. The van der Waals surface area contributed by atoms with Gasteiger partial charge in [-0.15, -0.1) is 0 Å². The average molecular weight is 269 g/mol. The second kappa shape index (κ2) is 5.13. The van der Waals surface area contributed by atoms with Crippen molar-refractivity contribution in [1.29, 1.82) is 0 Å². The number of fused-ring (bicyclic) bond motifs is 1. The van der Waals surface area contributed by atoms with Crippen LogP contribution in [0.2, 0.25) is 0 Å². The summed E-state index contributed by atoms with van der Waals surface area (Å²) in [6.07, 6.45) is -0.0200. The van der Waals surface area contributed by atoms with Gasteiger partial charge in [0.05, 0.1) is 11.9 Å². The molecule has 0 saturated carbocycles. The zero-order valence-electron chi connectivity index (χ0n) is 10.6. The van der Waals surface area contributed by atoms with Crippen LogP contribution >= 0.6 is 0 Å². The van der Waals surface area contributed by atoms with Gasteiger partial charge in [0.15, 0.2) is 5.82 Å². The summed E-state index contributed by atoms with van der Waals surface area (Å²) in [4.78, 5) is 11.9. The van der Waals surface area contributed by atoms with Crippen molar-refractivity contribution in [2.24, 2.45) is 0 Å². The molecule has 0 aliphatic rings. The van der Waals surface area contributed by atoms with Crippen molar-refractivity contribution in [1.82, 2.24) is 10.2 Å². The second-order valence-electron chi connectivity index (χ2n) is 4.43. The molecule has 0 bridgehead atoms. The number of hydrogen-bond donors (Lipinski definition) is 2. The number of anilines is 1. The van der Waals surface area contributed by atoms with E-state index in [0.717, 1.165) is 10.9 Å². The number of rotatable bonds is 3. The van der Waals surface area contributed by atoms with Gasteiger partial charge in [0, 0.05) is 5.39 Å². The fraction of sp³-hybridized carbons (Fsp3) is 0.0667. The highest BCUT2D eigenvalue weighted by Gasteiger charge is 2.11. The number of carbonyl (C=O) groups excluding carboxylic acids is 1. The Kier molecular flexibility index (Phi) is 3.16. The van der Waals surface area contributed by atoms with Crippen molar-refractivity contribution in [3.63, 3.8) is 0 Å². The van der Waals surface area contributed by atoms with Crippen molar-refractivity contribution in [2.75, 3.05) is 5.32 Å². The standard InChI is InChI=1S/C15H12FN3O/c16-12-7-3-1-5-10(12)9-14(20)17-15-11-6-2-4-8-13(11)18-19-15/h1-8H,9H2,(H2,17,18,19,20). The molecule has 4 nitrogen and oxygen atoms in total. The first kappa shape index (κ1) is 12.3. The second-order valence-corrected chi connectivity index (χ2v) is 4.43. The number of amides is 1. The summed E-state index contributed by atoms with van der Waals surface area (Å²) < 4.78 is 13.5. The first-order chi connectivity index (χ1) is 9.74. The highest BCUT2D eigenvalue weighted by Crippen LogP contribution is 2.19. The lowest BCUT2D eigenvalue weighted by atomic mass is 10.1. The molecule has 2 aromatic carbocycles. The minimum absolute atomic E-state index is 0.0200. The van der Waals surface area contributed by atoms with Gasteiger partial charge in [-0.05, 0) is 23.8 Å². The predicted octanol–water partition coefficient (Wildman–Crippen LogP) is 2.88. The Morgan fingerprint density at radius 2 is 1.90 bits per heavy atom.